The smallest absolute Gasteiger partial charge is 0.288 e. The fourth-order valence-corrected chi connectivity index (χ4v) is 7.11. The molecule has 5 aliphatic rings. The Bertz CT molecular complexity index is 723. The Kier molecular flexibility index (Phi) is 4.11. The van der Waals surface area contributed by atoms with Gasteiger partial charge < -0.3 is 5.32 Å². The third kappa shape index (κ3) is 2.71. The monoisotopic (exact) mass is 375 g/mol. The van der Waals surface area contributed by atoms with Crippen molar-refractivity contribution in [1.82, 2.24) is 9.78 Å². The first-order chi connectivity index (χ1) is 12.5. The number of aromatic nitrogens is 2. The molecular weight excluding hydrogens is 346 g/mol. The third-order valence-corrected chi connectivity index (χ3v) is 8.19. The summed E-state index contributed by atoms with van der Waals surface area (Å²) < 4.78 is 1.79. The number of nitrogens with zero attached hydrogens (tertiary/aromatic N) is 2. The van der Waals surface area contributed by atoms with Crippen LogP contribution in [0.15, 0.2) is 11.0 Å². The maximum absolute atomic E-state index is 13.2. The number of hydrogen-bond acceptors (Lipinski definition) is 3. The molecule has 1 aromatic heterocycles. The molecule has 5 saturated carbocycles. The molecule has 0 spiro atoms. The zero-order valence-corrected chi connectivity index (χ0v) is 16.5. The van der Waals surface area contributed by atoms with Crippen LogP contribution in [0.1, 0.15) is 71.1 Å². The van der Waals surface area contributed by atoms with Crippen LogP contribution < -0.4 is 10.9 Å². The summed E-state index contributed by atoms with van der Waals surface area (Å²) in [6, 6.07) is 0.401. The molecule has 142 valence electrons. The molecule has 1 heterocycles. The SMILES string of the molecule is C[C@H]1CCCC[C@H]1Nc1cnn(C23CC4CC(CC(C4)C2)C3)c(=O)c1Cl. The molecule has 5 heteroatoms. The van der Waals surface area contributed by atoms with Crippen LogP contribution in [0.4, 0.5) is 5.69 Å². The van der Waals surface area contributed by atoms with Gasteiger partial charge in [0, 0.05) is 6.04 Å². The van der Waals surface area contributed by atoms with Crippen molar-refractivity contribution in [3.8, 4) is 0 Å². The molecule has 0 saturated heterocycles. The minimum Gasteiger partial charge on any atom is -0.379 e. The normalized spacial score (nSPS) is 41.4. The highest BCUT2D eigenvalue weighted by Gasteiger charge is 2.53. The molecule has 0 aromatic carbocycles. The fourth-order valence-electron chi connectivity index (χ4n) is 6.93. The Balaban J connectivity index is 1.45. The Morgan fingerprint density at radius 2 is 1.73 bits per heavy atom. The minimum absolute atomic E-state index is 0.0634. The van der Waals surface area contributed by atoms with E-state index in [4.69, 9.17) is 11.6 Å². The van der Waals surface area contributed by atoms with Crippen LogP contribution in [-0.2, 0) is 5.54 Å². The second kappa shape index (κ2) is 6.25. The predicted octanol–water partition coefficient (Wildman–Crippen LogP) is 4.81. The number of nitrogens with one attached hydrogen (secondary N) is 1. The minimum atomic E-state index is -0.0814. The first-order valence-corrected chi connectivity index (χ1v) is 11.0. The lowest BCUT2D eigenvalue weighted by molar-refractivity contribution is -0.0518. The van der Waals surface area contributed by atoms with Gasteiger partial charge in [-0.15, -0.1) is 0 Å². The quantitative estimate of drug-likeness (QED) is 0.824. The zero-order valence-electron chi connectivity index (χ0n) is 15.7. The standard InChI is InChI=1S/C21H30ClN3O/c1-13-4-2-3-5-17(13)24-18-12-23-25(20(26)19(18)22)21-9-14-6-15(10-21)8-16(7-14)11-21/h12-17,24H,2-11H2,1H3/t13-,14?,15?,16?,17+,21?/m0/s1. The lowest BCUT2D eigenvalue weighted by atomic mass is 9.53. The molecule has 26 heavy (non-hydrogen) atoms. The molecule has 5 fully saturated rings. The van der Waals surface area contributed by atoms with E-state index in [9.17, 15) is 4.79 Å². The fraction of sp³-hybridized carbons (Fsp3) is 0.810. The summed E-state index contributed by atoms with van der Waals surface area (Å²) in [6.45, 7) is 2.29. The van der Waals surface area contributed by atoms with Crippen molar-refractivity contribution in [3.05, 3.63) is 21.6 Å². The lowest BCUT2D eigenvalue weighted by Crippen LogP contribution is -2.55. The first kappa shape index (κ1) is 17.1. The van der Waals surface area contributed by atoms with Gasteiger partial charge in [0.25, 0.3) is 5.56 Å². The molecule has 1 N–H and O–H groups in total. The van der Waals surface area contributed by atoms with E-state index in [1.165, 1.54) is 38.5 Å². The summed E-state index contributed by atoms with van der Waals surface area (Å²) in [5.74, 6) is 2.98. The van der Waals surface area contributed by atoms with Gasteiger partial charge >= 0.3 is 0 Å². The summed E-state index contributed by atoms with van der Waals surface area (Å²) in [7, 11) is 0. The summed E-state index contributed by atoms with van der Waals surface area (Å²) in [5.41, 5.74) is 0.588. The Morgan fingerprint density at radius 1 is 1.12 bits per heavy atom. The van der Waals surface area contributed by atoms with Gasteiger partial charge in [-0.25, -0.2) is 4.68 Å². The van der Waals surface area contributed by atoms with Crippen molar-refractivity contribution in [3.63, 3.8) is 0 Å². The van der Waals surface area contributed by atoms with E-state index in [0.717, 1.165) is 49.1 Å². The highest BCUT2D eigenvalue weighted by atomic mass is 35.5. The van der Waals surface area contributed by atoms with E-state index in [-0.39, 0.29) is 11.1 Å². The van der Waals surface area contributed by atoms with Crippen molar-refractivity contribution in [2.45, 2.75) is 82.7 Å². The van der Waals surface area contributed by atoms with Crippen LogP contribution in [0.2, 0.25) is 5.02 Å². The van der Waals surface area contributed by atoms with Crippen LogP contribution in [0, 0.1) is 23.7 Å². The van der Waals surface area contributed by atoms with Gasteiger partial charge in [0.1, 0.15) is 5.02 Å². The zero-order chi connectivity index (χ0) is 17.9. The van der Waals surface area contributed by atoms with Crippen molar-refractivity contribution < 1.29 is 0 Å². The van der Waals surface area contributed by atoms with Gasteiger partial charge in [-0.2, -0.15) is 5.10 Å². The van der Waals surface area contributed by atoms with Gasteiger partial charge in [0.15, 0.2) is 0 Å². The number of halogens is 1. The first-order valence-electron chi connectivity index (χ1n) is 10.6. The second-order valence-corrected chi connectivity index (χ2v) is 10.1. The molecule has 0 unspecified atom stereocenters. The number of rotatable bonds is 3. The van der Waals surface area contributed by atoms with Crippen molar-refractivity contribution in [2.75, 3.05) is 5.32 Å². The molecule has 0 radical (unpaired) electrons. The van der Waals surface area contributed by atoms with Crippen molar-refractivity contribution in [1.29, 1.82) is 0 Å². The van der Waals surface area contributed by atoms with Crippen molar-refractivity contribution >= 4 is 17.3 Å². The summed E-state index contributed by atoms with van der Waals surface area (Å²) in [6.07, 6.45) is 14.2. The molecule has 0 amide bonds. The number of hydrogen-bond donors (Lipinski definition) is 1. The molecule has 1 aromatic rings. The third-order valence-electron chi connectivity index (χ3n) is 7.83. The van der Waals surface area contributed by atoms with Crippen LogP contribution in [0.3, 0.4) is 0 Å². The van der Waals surface area contributed by atoms with E-state index in [1.54, 1.807) is 4.68 Å². The summed E-state index contributed by atoms with van der Waals surface area (Å²) in [5, 5.41) is 8.55. The van der Waals surface area contributed by atoms with Crippen LogP contribution >= 0.6 is 11.6 Å². The summed E-state index contributed by atoms with van der Waals surface area (Å²) in [4.78, 5) is 13.2. The topological polar surface area (TPSA) is 46.9 Å². The molecule has 2 atom stereocenters. The lowest BCUT2D eigenvalue weighted by Gasteiger charge is -2.56. The molecule has 5 aliphatic carbocycles. The highest BCUT2D eigenvalue weighted by Crippen LogP contribution is 2.58. The largest absolute Gasteiger partial charge is 0.379 e. The molecule has 0 aliphatic heterocycles. The predicted molar refractivity (Wildman–Crippen MR) is 105 cm³/mol. The Hall–Kier alpha value is -1.03. The Morgan fingerprint density at radius 3 is 2.35 bits per heavy atom. The van der Waals surface area contributed by atoms with Gasteiger partial charge in [-0.05, 0) is 75.0 Å². The van der Waals surface area contributed by atoms with Crippen molar-refractivity contribution in [2.24, 2.45) is 23.7 Å². The number of anilines is 1. The summed E-state index contributed by atoms with van der Waals surface area (Å²) >= 11 is 6.57. The van der Waals surface area contributed by atoms with Gasteiger partial charge in [-0.3, -0.25) is 4.79 Å². The average molecular weight is 376 g/mol. The molecular formula is C21H30ClN3O. The van der Waals surface area contributed by atoms with Crippen LogP contribution in [0.5, 0.6) is 0 Å². The Labute approximate surface area is 160 Å². The van der Waals surface area contributed by atoms with Gasteiger partial charge in [0.05, 0.1) is 17.4 Å². The van der Waals surface area contributed by atoms with Crippen LogP contribution in [0.25, 0.3) is 0 Å². The van der Waals surface area contributed by atoms with E-state index >= 15 is 0 Å². The van der Waals surface area contributed by atoms with Gasteiger partial charge in [0.2, 0.25) is 0 Å². The maximum Gasteiger partial charge on any atom is 0.288 e. The van der Waals surface area contributed by atoms with E-state index in [2.05, 4.69) is 17.3 Å². The second-order valence-electron chi connectivity index (χ2n) is 9.74. The van der Waals surface area contributed by atoms with E-state index in [1.807, 2.05) is 6.20 Å². The maximum atomic E-state index is 13.2. The highest BCUT2D eigenvalue weighted by molar-refractivity contribution is 6.32. The molecule has 6 rings (SSSR count). The van der Waals surface area contributed by atoms with Crippen LogP contribution in [-0.4, -0.2) is 15.8 Å². The van der Waals surface area contributed by atoms with E-state index < -0.39 is 0 Å². The average Bonchev–Trinajstić information content (AvgIpc) is 2.59. The van der Waals surface area contributed by atoms with Gasteiger partial charge in [-0.1, -0.05) is 31.4 Å². The molecule has 4 bridgehead atoms. The molecule has 4 nitrogen and oxygen atoms in total. The van der Waals surface area contributed by atoms with E-state index in [0.29, 0.717) is 17.0 Å².